The molecule has 0 unspecified atom stereocenters. The molecule has 1 saturated heterocycles. The van der Waals surface area contributed by atoms with Crippen LogP contribution in [-0.4, -0.2) is 55.0 Å². The zero-order valence-electron chi connectivity index (χ0n) is 11.3. The number of likely N-dealkylation sites (N-methyl/N-ethyl adjacent to an activating group) is 1. The van der Waals surface area contributed by atoms with Gasteiger partial charge in [0.25, 0.3) is 5.91 Å². The lowest BCUT2D eigenvalue weighted by molar-refractivity contribution is -0.139. The summed E-state index contributed by atoms with van der Waals surface area (Å²) in [4.78, 5) is 16.3. The fraction of sp³-hybridized carbons (Fsp3) is 0.500. The third kappa shape index (κ3) is 3.85. The number of benzene rings is 1. The maximum Gasteiger partial charge on any atom is 0.263 e. The maximum atomic E-state index is 12.2. The van der Waals surface area contributed by atoms with Crippen LogP contribution in [0.5, 0.6) is 5.75 Å². The Labute approximate surface area is 118 Å². The molecule has 1 heterocycles. The highest BCUT2D eigenvalue weighted by molar-refractivity contribution is 6.30. The Hall–Kier alpha value is -1.26. The third-order valence-corrected chi connectivity index (χ3v) is 3.54. The van der Waals surface area contributed by atoms with Gasteiger partial charge in [-0.15, -0.1) is 0 Å². The fourth-order valence-electron chi connectivity index (χ4n) is 2.05. The van der Waals surface area contributed by atoms with E-state index in [0.717, 1.165) is 26.2 Å². The molecule has 1 fully saturated rings. The lowest BCUT2D eigenvalue weighted by Gasteiger charge is -2.33. The Bertz CT molecular complexity index is 428. The second kappa shape index (κ2) is 6.26. The molecule has 0 aromatic heterocycles. The number of halogens is 1. The minimum Gasteiger partial charge on any atom is -0.481 e. The van der Waals surface area contributed by atoms with Crippen LogP contribution in [0.1, 0.15) is 6.92 Å². The van der Waals surface area contributed by atoms with Crippen molar-refractivity contribution in [2.75, 3.05) is 33.2 Å². The van der Waals surface area contributed by atoms with Gasteiger partial charge >= 0.3 is 0 Å². The third-order valence-electron chi connectivity index (χ3n) is 3.29. The molecular weight excluding hydrogens is 264 g/mol. The summed E-state index contributed by atoms with van der Waals surface area (Å²) in [7, 11) is 2.06. The highest BCUT2D eigenvalue weighted by Gasteiger charge is 2.24. The summed E-state index contributed by atoms with van der Waals surface area (Å²) in [6.45, 7) is 5.15. The lowest BCUT2D eigenvalue weighted by Crippen LogP contribution is -2.50. The highest BCUT2D eigenvalue weighted by Crippen LogP contribution is 2.17. The van der Waals surface area contributed by atoms with Crippen LogP contribution in [0, 0.1) is 0 Å². The predicted molar refractivity (Wildman–Crippen MR) is 75.6 cm³/mol. The first kappa shape index (κ1) is 14.2. The van der Waals surface area contributed by atoms with E-state index in [0.29, 0.717) is 10.8 Å². The minimum atomic E-state index is -0.468. The van der Waals surface area contributed by atoms with E-state index in [1.54, 1.807) is 31.2 Å². The Morgan fingerprint density at radius 3 is 2.37 bits per heavy atom. The van der Waals surface area contributed by atoms with Gasteiger partial charge in [-0.1, -0.05) is 11.6 Å². The number of hydrogen-bond donors (Lipinski definition) is 0. The number of rotatable bonds is 3. The van der Waals surface area contributed by atoms with Gasteiger partial charge in [0.2, 0.25) is 0 Å². The molecule has 4 nitrogen and oxygen atoms in total. The van der Waals surface area contributed by atoms with E-state index in [-0.39, 0.29) is 5.91 Å². The van der Waals surface area contributed by atoms with Crippen molar-refractivity contribution in [2.45, 2.75) is 13.0 Å². The summed E-state index contributed by atoms with van der Waals surface area (Å²) < 4.78 is 5.65. The van der Waals surface area contributed by atoms with Crippen molar-refractivity contribution >= 4 is 17.5 Å². The normalized spacial score (nSPS) is 18.2. The number of piperazine rings is 1. The standard InChI is InChI=1S/C14H19ClN2O2/c1-11(19-13-5-3-12(15)4-6-13)14(18)17-9-7-16(2)8-10-17/h3-6,11H,7-10H2,1-2H3/t11-/m0/s1. The number of carbonyl (C=O) groups is 1. The van der Waals surface area contributed by atoms with E-state index in [4.69, 9.17) is 16.3 Å². The first-order chi connectivity index (χ1) is 9.06. The van der Waals surface area contributed by atoms with Crippen LogP contribution < -0.4 is 4.74 Å². The molecule has 104 valence electrons. The Morgan fingerprint density at radius 1 is 1.21 bits per heavy atom. The summed E-state index contributed by atoms with van der Waals surface area (Å²) >= 11 is 5.81. The number of amides is 1. The Balaban J connectivity index is 1.90. The predicted octanol–water partition coefficient (Wildman–Crippen LogP) is 1.88. The van der Waals surface area contributed by atoms with Crippen molar-refractivity contribution in [3.05, 3.63) is 29.3 Å². The van der Waals surface area contributed by atoms with Crippen LogP contribution in [0.4, 0.5) is 0 Å². The first-order valence-electron chi connectivity index (χ1n) is 6.46. The van der Waals surface area contributed by atoms with E-state index in [9.17, 15) is 4.79 Å². The molecule has 1 amide bonds. The SMILES string of the molecule is C[C@H](Oc1ccc(Cl)cc1)C(=O)N1CCN(C)CC1. The van der Waals surface area contributed by atoms with Crippen LogP contribution >= 0.6 is 11.6 Å². The zero-order chi connectivity index (χ0) is 13.8. The molecular formula is C14H19ClN2O2. The van der Waals surface area contributed by atoms with Gasteiger partial charge in [0, 0.05) is 31.2 Å². The van der Waals surface area contributed by atoms with E-state index >= 15 is 0 Å². The number of carbonyl (C=O) groups excluding carboxylic acids is 1. The molecule has 5 heteroatoms. The van der Waals surface area contributed by atoms with E-state index in [1.807, 2.05) is 4.90 Å². The van der Waals surface area contributed by atoms with Crippen molar-refractivity contribution in [2.24, 2.45) is 0 Å². The molecule has 19 heavy (non-hydrogen) atoms. The van der Waals surface area contributed by atoms with Gasteiger partial charge in [-0.05, 0) is 38.2 Å². The number of nitrogens with zero attached hydrogens (tertiary/aromatic N) is 2. The monoisotopic (exact) mass is 282 g/mol. The molecule has 0 radical (unpaired) electrons. The van der Waals surface area contributed by atoms with E-state index < -0.39 is 6.10 Å². The summed E-state index contributed by atoms with van der Waals surface area (Å²) in [5.74, 6) is 0.711. The van der Waals surface area contributed by atoms with Gasteiger partial charge in [0.1, 0.15) is 5.75 Å². The second-order valence-corrected chi connectivity index (χ2v) is 5.28. The maximum absolute atomic E-state index is 12.2. The van der Waals surface area contributed by atoms with Crippen molar-refractivity contribution in [3.8, 4) is 5.75 Å². The van der Waals surface area contributed by atoms with Crippen LogP contribution in [0.25, 0.3) is 0 Å². The van der Waals surface area contributed by atoms with E-state index in [1.165, 1.54) is 0 Å². The van der Waals surface area contributed by atoms with Crippen LogP contribution in [-0.2, 0) is 4.79 Å². The molecule has 2 rings (SSSR count). The zero-order valence-corrected chi connectivity index (χ0v) is 12.1. The van der Waals surface area contributed by atoms with Crippen LogP contribution in [0.3, 0.4) is 0 Å². The molecule has 1 aromatic rings. The average molecular weight is 283 g/mol. The van der Waals surface area contributed by atoms with Gasteiger partial charge in [-0.2, -0.15) is 0 Å². The van der Waals surface area contributed by atoms with Crippen molar-refractivity contribution in [1.82, 2.24) is 9.80 Å². The lowest BCUT2D eigenvalue weighted by atomic mass is 10.2. The average Bonchev–Trinajstić information content (AvgIpc) is 2.41. The largest absolute Gasteiger partial charge is 0.481 e. The van der Waals surface area contributed by atoms with Gasteiger partial charge in [-0.25, -0.2) is 0 Å². The summed E-state index contributed by atoms with van der Waals surface area (Å²) in [6, 6.07) is 7.06. The molecule has 1 aliphatic heterocycles. The number of hydrogen-bond acceptors (Lipinski definition) is 3. The summed E-state index contributed by atoms with van der Waals surface area (Å²) in [6.07, 6.45) is -0.468. The number of ether oxygens (including phenoxy) is 1. The van der Waals surface area contributed by atoms with Gasteiger partial charge < -0.3 is 14.5 Å². The van der Waals surface area contributed by atoms with Gasteiger partial charge in [0.05, 0.1) is 0 Å². The summed E-state index contributed by atoms with van der Waals surface area (Å²) in [5.41, 5.74) is 0. The molecule has 1 atom stereocenters. The van der Waals surface area contributed by atoms with Crippen molar-refractivity contribution < 1.29 is 9.53 Å². The van der Waals surface area contributed by atoms with Crippen LogP contribution in [0.2, 0.25) is 5.02 Å². The minimum absolute atomic E-state index is 0.0445. The molecule has 0 aliphatic carbocycles. The Morgan fingerprint density at radius 2 is 1.79 bits per heavy atom. The highest BCUT2D eigenvalue weighted by atomic mass is 35.5. The van der Waals surface area contributed by atoms with Gasteiger partial charge in [0.15, 0.2) is 6.10 Å². The second-order valence-electron chi connectivity index (χ2n) is 4.84. The van der Waals surface area contributed by atoms with Crippen molar-refractivity contribution in [3.63, 3.8) is 0 Å². The topological polar surface area (TPSA) is 32.8 Å². The molecule has 0 saturated carbocycles. The first-order valence-corrected chi connectivity index (χ1v) is 6.83. The molecule has 0 spiro atoms. The molecule has 0 N–H and O–H groups in total. The van der Waals surface area contributed by atoms with E-state index in [2.05, 4.69) is 11.9 Å². The molecule has 1 aromatic carbocycles. The van der Waals surface area contributed by atoms with Gasteiger partial charge in [-0.3, -0.25) is 4.79 Å². The Kier molecular flexibility index (Phi) is 4.66. The van der Waals surface area contributed by atoms with Crippen molar-refractivity contribution in [1.29, 1.82) is 0 Å². The van der Waals surface area contributed by atoms with Crippen LogP contribution in [0.15, 0.2) is 24.3 Å². The molecule has 0 bridgehead atoms. The molecule has 1 aliphatic rings. The summed E-state index contributed by atoms with van der Waals surface area (Å²) in [5, 5.41) is 0.658. The fourth-order valence-corrected chi connectivity index (χ4v) is 2.18. The smallest absolute Gasteiger partial charge is 0.263 e. The quantitative estimate of drug-likeness (QED) is 0.849.